The first-order chi connectivity index (χ1) is 18.0. The number of hydrogen-bond acceptors (Lipinski definition) is 7. The van der Waals surface area contributed by atoms with Crippen LogP contribution in [0.1, 0.15) is 30.5 Å². The Kier molecular flexibility index (Phi) is 7.18. The van der Waals surface area contributed by atoms with Crippen molar-refractivity contribution < 1.29 is 9.53 Å². The molecule has 1 fully saturated rings. The molecule has 1 aromatic carbocycles. The zero-order chi connectivity index (χ0) is 25.8. The number of aromatic nitrogens is 6. The Balaban J connectivity index is 1.29. The second kappa shape index (κ2) is 10.8. The molecule has 10 nitrogen and oxygen atoms in total. The second-order valence-corrected chi connectivity index (χ2v) is 9.30. The normalized spacial score (nSPS) is 14.0. The van der Waals surface area contributed by atoms with Crippen LogP contribution in [0.3, 0.4) is 0 Å². The van der Waals surface area contributed by atoms with E-state index in [0.29, 0.717) is 36.0 Å². The molecule has 0 saturated carbocycles. The van der Waals surface area contributed by atoms with Gasteiger partial charge in [0.2, 0.25) is 11.3 Å². The fourth-order valence-electron chi connectivity index (χ4n) is 4.38. The molecule has 10 heteroatoms. The lowest BCUT2D eigenvalue weighted by molar-refractivity contribution is -0.119. The summed E-state index contributed by atoms with van der Waals surface area (Å²) >= 11 is 0. The van der Waals surface area contributed by atoms with Gasteiger partial charge in [0, 0.05) is 58.0 Å². The van der Waals surface area contributed by atoms with Crippen LogP contribution in [0.15, 0.2) is 66.1 Å². The van der Waals surface area contributed by atoms with E-state index in [9.17, 15) is 9.59 Å². The molecule has 190 valence electrons. The number of hydrogen-bond donors (Lipinski definition) is 0. The zero-order valence-electron chi connectivity index (χ0n) is 20.9. The average molecular weight is 500 g/mol. The van der Waals surface area contributed by atoms with Gasteiger partial charge in [-0.3, -0.25) is 14.3 Å². The van der Waals surface area contributed by atoms with E-state index in [-0.39, 0.29) is 11.3 Å². The Morgan fingerprint density at radius 1 is 1.14 bits per heavy atom. The Bertz CT molecular complexity index is 1440. The molecule has 0 atom stereocenters. The van der Waals surface area contributed by atoms with Gasteiger partial charge in [-0.2, -0.15) is 10.2 Å². The molecular weight excluding hydrogens is 470 g/mol. The van der Waals surface area contributed by atoms with Gasteiger partial charge in [-0.05, 0) is 30.4 Å². The number of carbonyl (C=O) groups excluding carboxylic acids is 1. The summed E-state index contributed by atoms with van der Waals surface area (Å²) in [4.78, 5) is 35.8. The van der Waals surface area contributed by atoms with E-state index in [1.165, 1.54) is 6.07 Å². The van der Waals surface area contributed by atoms with E-state index in [1.54, 1.807) is 46.1 Å². The molecule has 0 bridgehead atoms. The molecule has 1 amide bonds. The van der Waals surface area contributed by atoms with Gasteiger partial charge >= 0.3 is 0 Å². The van der Waals surface area contributed by atoms with Gasteiger partial charge in [-0.15, -0.1) is 0 Å². The average Bonchev–Trinajstić information content (AvgIpc) is 3.36. The largest absolute Gasteiger partial charge is 0.381 e. The first-order valence-corrected chi connectivity index (χ1v) is 12.3. The fourth-order valence-corrected chi connectivity index (χ4v) is 4.38. The molecule has 0 radical (unpaired) electrons. The van der Waals surface area contributed by atoms with E-state index in [1.807, 2.05) is 37.5 Å². The molecule has 4 heterocycles. The third-order valence-electron chi connectivity index (χ3n) is 6.60. The predicted molar refractivity (Wildman–Crippen MR) is 138 cm³/mol. The van der Waals surface area contributed by atoms with Crippen LogP contribution in [0.4, 0.5) is 5.69 Å². The smallest absolute Gasteiger partial charge is 0.227 e. The number of carbonyl (C=O) groups is 1. The topological polar surface area (TPSA) is 108 Å². The Morgan fingerprint density at radius 2 is 1.92 bits per heavy atom. The van der Waals surface area contributed by atoms with Crippen LogP contribution in [0, 0.1) is 5.92 Å². The minimum Gasteiger partial charge on any atom is -0.381 e. The highest BCUT2D eigenvalue weighted by atomic mass is 16.5. The molecule has 0 aliphatic carbocycles. The molecule has 4 aromatic rings. The minimum atomic E-state index is -0.125. The molecule has 0 unspecified atom stereocenters. The Hall–Kier alpha value is -4.18. The maximum Gasteiger partial charge on any atom is 0.227 e. The van der Waals surface area contributed by atoms with Crippen LogP contribution in [0.25, 0.3) is 17.1 Å². The van der Waals surface area contributed by atoms with Crippen LogP contribution < -0.4 is 10.3 Å². The summed E-state index contributed by atoms with van der Waals surface area (Å²) in [5.74, 6) is 0.960. The van der Waals surface area contributed by atoms with Gasteiger partial charge in [0.25, 0.3) is 0 Å². The summed E-state index contributed by atoms with van der Waals surface area (Å²) in [6.45, 7) is 1.44. The molecule has 5 rings (SSSR count). The lowest BCUT2D eigenvalue weighted by Gasteiger charge is -2.24. The summed E-state index contributed by atoms with van der Waals surface area (Å²) in [6, 6.07) is 9.25. The van der Waals surface area contributed by atoms with Crippen molar-refractivity contribution in [3.63, 3.8) is 0 Å². The van der Waals surface area contributed by atoms with Gasteiger partial charge in [0.1, 0.15) is 11.4 Å². The number of benzene rings is 1. The quantitative estimate of drug-likeness (QED) is 0.385. The summed E-state index contributed by atoms with van der Waals surface area (Å²) in [5.41, 5.74) is 3.49. The number of nitrogens with zero attached hydrogens (tertiary/aromatic N) is 7. The SMILES string of the molecule is CN(C(=O)CC1CCOCC1)c1cnc(-c2cccc(Cc3nn(-c4cnn(C)c4)ccc3=O)c2)nc1. The number of anilines is 1. The van der Waals surface area contributed by atoms with Gasteiger partial charge in [-0.1, -0.05) is 18.2 Å². The molecule has 3 aromatic heterocycles. The van der Waals surface area contributed by atoms with Gasteiger partial charge in [-0.25, -0.2) is 14.6 Å². The third-order valence-corrected chi connectivity index (χ3v) is 6.60. The Morgan fingerprint density at radius 3 is 2.65 bits per heavy atom. The van der Waals surface area contributed by atoms with Crippen LogP contribution in [-0.2, 0) is 23.0 Å². The Labute approximate surface area is 214 Å². The molecule has 1 aliphatic rings. The fraction of sp³-hybridized carbons (Fsp3) is 0.333. The summed E-state index contributed by atoms with van der Waals surface area (Å²) < 4.78 is 8.72. The van der Waals surface area contributed by atoms with Crippen LogP contribution in [-0.4, -0.2) is 55.7 Å². The van der Waals surface area contributed by atoms with Gasteiger partial charge in [0.15, 0.2) is 5.82 Å². The molecule has 1 saturated heterocycles. The third kappa shape index (κ3) is 5.80. The zero-order valence-corrected chi connectivity index (χ0v) is 20.9. The van der Waals surface area contributed by atoms with E-state index in [4.69, 9.17) is 4.74 Å². The lowest BCUT2D eigenvalue weighted by Crippen LogP contribution is -2.30. The second-order valence-electron chi connectivity index (χ2n) is 9.30. The number of rotatable bonds is 7. The standard InChI is InChI=1S/C27H29N7O3/c1-32-18-23(17-30-32)34-9-6-25(35)24(31-34)13-20-4-3-5-21(12-20)27-28-15-22(16-29-27)33(2)26(36)14-19-7-10-37-11-8-19/h3-6,9,12,15-19H,7-8,10-11,13-14H2,1-2H3. The highest BCUT2D eigenvalue weighted by Crippen LogP contribution is 2.23. The van der Waals surface area contributed by atoms with E-state index in [0.717, 1.165) is 42.9 Å². The predicted octanol–water partition coefficient (Wildman–Crippen LogP) is 2.79. The van der Waals surface area contributed by atoms with Crippen LogP contribution in [0.5, 0.6) is 0 Å². The molecule has 1 aliphatic heterocycles. The number of amides is 1. The van der Waals surface area contributed by atoms with E-state index >= 15 is 0 Å². The van der Waals surface area contributed by atoms with Crippen molar-refractivity contribution >= 4 is 11.6 Å². The molecule has 0 spiro atoms. The summed E-state index contributed by atoms with van der Waals surface area (Å²) in [5, 5.41) is 8.68. The van der Waals surface area contributed by atoms with Crippen molar-refractivity contribution in [2.75, 3.05) is 25.2 Å². The number of aryl methyl sites for hydroxylation is 1. The van der Waals surface area contributed by atoms with Crippen molar-refractivity contribution in [1.82, 2.24) is 29.5 Å². The monoisotopic (exact) mass is 499 g/mol. The molecule has 0 N–H and O–H groups in total. The summed E-state index contributed by atoms with van der Waals surface area (Å²) in [7, 11) is 3.59. The van der Waals surface area contributed by atoms with Crippen molar-refractivity contribution in [3.8, 4) is 17.1 Å². The minimum absolute atomic E-state index is 0.0533. The highest BCUT2D eigenvalue weighted by molar-refractivity contribution is 5.92. The van der Waals surface area contributed by atoms with Gasteiger partial charge in [0.05, 0.1) is 30.5 Å². The van der Waals surface area contributed by atoms with Crippen LogP contribution in [0.2, 0.25) is 0 Å². The maximum absolute atomic E-state index is 12.7. The molecule has 37 heavy (non-hydrogen) atoms. The van der Waals surface area contributed by atoms with E-state index < -0.39 is 0 Å². The van der Waals surface area contributed by atoms with Crippen LogP contribution >= 0.6 is 0 Å². The number of ether oxygens (including phenoxy) is 1. The van der Waals surface area contributed by atoms with Crippen molar-refractivity contribution in [2.24, 2.45) is 13.0 Å². The first kappa shape index (κ1) is 24.5. The summed E-state index contributed by atoms with van der Waals surface area (Å²) in [6.07, 6.45) is 11.2. The van der Waals surface area contributed by atoms with Crippen molar-refractivity contribution in [1.29, 1.82) is 0 Å². The van der Waals surface area contributed by atoms with Crippen molar-refractivity contribution in [3.05, 3.63) is 82.8 Å². The first-order valence-electron chi connectivity index (χ1n) is 12.3. The molecular formula is C27H29N7O3. The highest BCUT2D eigenvalue weighted by Gasteiger charge is 2.21. The lowest BCUT2D eigenvalue weighted by atomic mass is 9.96. The van der Waals surface area contributed by atoms with E-state index in [2.05, 4.69) is 20.2 Å². The maximum atomic E-state index is 12.7. The van der Waals surface area contributed by atoms with Gasteiger partial charge < -0.3 is 9.64 Å². The van der Waals surface area contributed by atoms with Crippen molar-refractivity contribution in [2.45, 2.75) is 25.7 Å².